The molecule has 338 valence electrons. The molecule has 0 aliphatic carbocycles. The third-order valence-electron chi connectivity index (χ3n) is 12.7. The molecule has 6 heteroatoms. The van der Waals surface area contributed by atoms with E-state index in [4.69, 9.17) is 0 Å². The van der Waals surface area contributed by atoms with Crippen molar-refractivity contribution in [3.8, 4) is 48.8 Å². The average Bonchev–Trinajstić information content (AvgIpc) is 4.15. The first-order chi connectivity index (χ1) is 30.7. The van der Waals surface area contributed by atoms with Crippen molar-refractivity contribution in [2.45, 2.75) is 207 Å². The van der Waals surface area contributed by atoms with E-state index in [-0.39, 0.29) is 0 Å². The van der Waals surface area contributed by atoms with Crippen LogP contribution in [0.2, 0.25) is 0 Å². The van der Waals surface area contributed by atoms with Gasteiger partial charge in [0.05, 0.1) is 0 Å². The van der Waals surface area contributed by atoms with Crippen LogP contribution in [0.3, 0.4) is 0 Å². The van der Waals surface area contributed by atoms with Gasteiger partial charge < -0.3 is 0 Å². The second-order valence-corrected chi connectivity index (χ2v) is 23.9. The van der Waals surface area contributed by atoms with Crippen LogP contribution in [0, 0.1) is 0 Å². The Labute approximate surface area is 402 Å². The largest absolute Gasteiger partial charge is 0.143 e. The van der Waals surface area contributed by atoms with Gasteiger partial charge in [-0.15, -0.1) is 68.0 Å². The first kappa shape index (κ1) is 49.6. The van der Waals surface area contributed by atoms with E-state index in [1.165, 1.54) is 209 Å². The molecule has 0 saturated heterocycles. The summed E-state index contributed by atoms with van der Waals surface area (Å²) >= 11 is 12.2. The molecule has 6 rings (SSSR count). The summed E-state index contributed by atoms with van der Waals surface area (Å²) in [6.07, 6.45) is 37.4. The number of hydrogen-bond acceptors (Lipinski definition) is 6. The highest BCUT2D eigenvalue weighted by atomic mass is 32.1. The highest BCUT2D eigenvalue weighted by Crippen LogP contribution is 2.51. The normalized spacial score (nSPS) is 11.7. The van der Waals surface area contributed by atoms with Gasteiger partial charge in [0.15, 0.2) is 0 Å². The van der Waals surface area contributed by atoms with Crippen molar-refractivity contribution in [1.82, 2.24) is 0 Å². The molecular formula is C56H78S6. The lowest BCUT2D eigenvalue weighted by Crippen LogP contribution is -1.95. The number of rotatable bonds is 33. The molecule has 6 aromatic heterocycles. The van der Waals surface area contributed by atoms with Gasteiger partial charge >= 0.3 is 0 Å². The van der Waals surface area contributed by atoms with Crippen molar-refractivity contribution in [3.05, 3.63) is 81.5 Å². The summed E-state index contributed by atoms with van der Waals surface area (Å²) in [5.74, 6) is 0. The van der Waals surface area contributed by atoms with Crippen LogP contribution in [-0.2, 0) is 25.7 Å². The van der Waals surface area contributed by atoms with Gasteiger partial charge in [0.2, 0.25) is 0 Å². The van der Waals surface area contributed by atoms with E-state index >= 15 is 0 Å². The standard InChI is InChI=1S/C56H78S6/c1-5-9-13-17-21-25-31-43-45(33-27-23-19-15-11-7-3)55(61-53(43)49-35-29-41-57-49)51-39-37-47(59-51)48-38-40-52(60-48)56-46(34-28-24-20-16-12-8-4)44(32-26-22-18-14-10-6-2)54(62-56)50-36-30-42-58-50/h29-30,35-42H,5-28,31-34H2,1-4H3. The maximum Gasteiger partial charge on any atom is 0.0484 e. The summed E-state index contributed by atoms with van der Waals surface area (Å²) in [4.78, 5) is 15.0. The third kappa shape index (κ3) is 14.6. The lowest BCUT2D eigenvalue weighted by atomic mass is 9.95. The van der Waals surface area contributed by atoms with Crippen molar-refractivity contribution >= 4 is 68.0 Å². The van der Waals surface area contributed by atoms with E-state index < -0.39 is 0 Å². The maximum absolute atomic E-state index is 2.48. The van der Waals surface area contributed by atoms with Crippen molar-refractivity contribution in [2.75, 3.05) is 0 Å². The topological polar surface area (TPSA) is 0 Å². The van der Waals surface area contributed by atoms with E-state index in [2.05, 4.69) is 132 Å². The Morgan fingerprint density at radius 2 is 0.548 bits per heavy atom. The Balaban J connectivity index is 1.29. The zero-order valence-corrected chi connectivity index (χ0v) is 43.9. The molecule has 0 unspecified atom stereocenters. The van der Waals surface area contributed by atoms with E-state index in [0.717, 1.165) is 0 Å². The fraction of sp³-hybridized carbons (Fsp3) is 0.571. The van der Waals surface area contributed by atoms with Crippen molar-refractivity contribution in [1.29, 1.82) is 0 Å². The van der Waals surface area contributed by atoms with E-state index in [1.807, 2.05) is 22.7 Å². The summed E-state index contributed by atoms with van der Waals surface area (Å²) < 4.78 is 0. The summed E-state index contributed by atoms with van der Waals surface area (Å²) in [5, 5.41) is 4.56. The average molecular weight is 944 g/mol. The summed E-state index contributed by atoms with van der Waals surface area (Å²) in [7, 11) is 0. The van der Waals surface area contributed by atoms with E-state index in [9.17, 15) is 0 Å². The monoisotopic (exact) mass is 942 g/mol. The number of hydrogen-bond donors (Lipinski definition) is 0. The molecule has 0 radical (unpaired) electrons. The van der Waals surface area contributed by atoms with Crippen LogP contribution >= 0.6 is 68.0 Å². The molecule has 62 heavy (non-hydrogen) atoms. The first-order valence-corrected chi connectivity index (χ1v) is 30.3. The predicted molar refractivity (Wildman–Crippen MR) is 289 cm³/mol. The van der Waals surface area contributed by atoms with Gasteiger partial charge in [-0.2, -0.15) is 0 Å². The SMILES string of the molecule is CCCCCCCCc1c(-c2cccs2)sc(-c2ccc(-c3ccc(-c4sc(-c5cccs5)c(CCCCCCCC)c4CCCCCCCC)s3)s2)c1CCCCCCCC. The highest BCUT2D eigenvalue weighted by molar-refractivity contribution is 7.30. The molecule has 0 nitrogen and oxygen atoms in total. The number of unbranched alkanes of at least 4 members (excludes halogenated alkanes) is 20. The Hall–Kier alpha value is -1.80. The predicted octanol–water partition coefficient (Wildman–Crippen LogP) is 22.0. The van der Waals surface area contributed by atoms with Crippen LogP contribution in [-0.4, -0.2) is 0 Å². The van der Waals surface area contributed by atoms with Crippen LogP contribution < -0.4 is 0 Å². The molecule has 0 aliphatic rings. The van der Waals surface area contributed by atoms with Crippen LogP contribution in [0.4, 0.5) is 0 Å². The lowest BCUT2D eigenvalue weighted by Gasteiger charge is -2.10. The molecule has 6 heterocycles. The van der Waals surface area contributed by atoms with Crippen LogP contribution in [0.25, 0.3) is 48.8 Å². The first-order valence-electron chi connectivity index (χ1n) is 25.2. The number of thiophene rings is 6. The summed E-state index contributed by atoms with van der Waals surface area (Å²) in [6.45, 7) is 9.32. The second-order valence-electron chi connectivity index (χ2n) is 17.8. The molecule has 6 aromatic rings. The molecule has 0 fully saturated rings. The fourth-order valence-corrected chi connectivity index (χ4v) is 16.1. The summed E-state index contributed by atoms with van der Waals surface area (Å²) in [6, 6.07) is 19.1. The van der Waals surface area contributed by atoms with Gasteiger partial charge in [-0.25, -0.2) is 0 Å². The minimum absolute atomic E-state index is 1.22. The van der Waals surface area contributed by atoms with Gasteiger partial charge in [-0.05, 0) is 121 Å². The molecule has 0 saturated carbocycles. The van der Waals surface area contributed by atoms with E-state index in [1.54, 1.807) is 41.8 Å². The Morgan fingerprint density at radius 1 is 0.274 bits per heavy atom. The second kappa shape index (κ2) is 28.3. The van der Waals surface area contributed by atoms with Gasteiger partial charge in [-0.3, -0.25) is 0 Å². The highest BCUT2D eigenvalue weighted by Gasteiger charge is 2.24. The van der Waals surface area contributed by atoms with Gasteiger partial charge in [0, 0.05) is 48.8 Å². The van der Waals surface area contributed by atoms with Crippen LogP contribution in [0.5, 0.6) is 0 Å². The lowest BCUT2D eigenvalue weighted by molar-refractivity contribution is 0.600. The zero-order chi connectivity index (χ0) is 43.2. The molecule has 0 spiro atoms. The molecule has 0 amide bonds. The fourth-order valence-electron chi connectivity index (χ4n) is 9.18. The van der Waals surface area contributed by atoms with Crippen LogP contribution in [0.15, 0.2) is 59.3 Å². The van der Waals surface area contributed by atoms with Crippen molar-refractivity contribution < 1.29 is 0 Å². The Kier molecular flexibility index (Phi) is 22.6. The smallest absolute Gasteiger partial charge is 0.0484 e. The van der Waals surface area contributed by atoms with E-state index in [0.29, 0.717) is 0 Å². The van der Waals surface area contributed by atoms with Crippen LogP contribution in [0.1, 0.15) is 204 Å². The third-order valence-corrected chi connectivity index (χ3v) is 20.1. The van der Waals surface area contributed by atoms with Crippen molar-refractivity contribution in [2.24, 2.45) is 0 Å². The van der Waals surface area contributed by atoms with Gasteiger partial charge in [0.1, 0.15) is 0 Å². The summed E-state index contributed by atoms with van der Waals surface area (Å²) in [5.41, 5.74) is 6.72. The maximum atomic E-state index is 2.48. The molecule has 0 aliphatic heterocycles. The quantitative estimate of drug-likeness (QED) is 0.0361. The minimum Gasteiger partial charge on any atom is -0.143 e. The molecule has 0 atom stereocenters. The van der Waals surface area contributed by atoms with Gasteiger partial charge in [0.25, 0.3) is 0 Å². The molecule has 0 N–H and O–H groups in total. The Bertz CT molecular complexity index is 1910. The Morgan fingerprint density at radius 3 is 0.839 bits per heavy atom. The van der Waals surface area contributed by atoms with Crippen molar-refractivity contribution in [3.63, 3.8) is 0 Å². The molecule has 0 bridgehead atoms. The molecular weight excluding hydrogens is 865 g/mol. The zero-order valence-electron chi connectivity index (χ0n) is 39.0. The van der Waals surface area contributed by atoms with Gasteiger partial charge in [-0.1, -0.05) is 168 Å². The molecule has 0 aromatic carbocycles. The minimum atomic E-state index is 1.22.